The van der Waals surface area contributed by atoms with E-state index in [1.54, 1.807) is 18.6 Å². The van der Waals surface area contributed by atoms with Gasteiger partial charge in [0.2, 0.25) is 5.91 Å². The monoisotopic (exact) mass is 325 g/mol. The summed E-state index contributed by atoms with van der Waals surface area (Å²) >= 11 is 11.9. The zero-order valence-electron chi connectivity index (χ0n) is 10.8. The van der Waals surface area contributed by atoms with E-state index in [0.29, 0.717) is 22.1 Å². The van der Waals surface area contributed by atoms with E-state index < -0.39 is 4.92 Å². The molecular formula is C14H11Cl2N2O3. The van der Waals surface area contributed by atoms with Gasteiger partial charge >= 0.3 is 0 Å². The number of carbonyl (C=O) groups is 1. The number of nitro benzene ring substituents is 1. The van der Waals surface area contributed by atoms with Gasteiger partial charge in [-0.2, -0.15) is 0 Å². The van der Waals surface area contributed by atoms with Crippen LogP contribution in [0.1, 0.15) is 12.8 Å². The summed E-state index contributed by atoms with van der Waals surface area (Å²) in [6.45, 7) is 0. The van der Waals surface area contributed by atoms with Gasteiger partial charge in [-0.1, -0.05) is 41.4 Å². The second-order valence-corrected chi connectivity index (χ2v) is 5.12. The Balaban J connectivity index is 2.10. The normalized spacial score (nSPS) is 14.7. The number of hydrogen-bond donors (Lipinski definition) is 1. The summed E-state index contributed by atoms with van der Waals surface area (Å²) in [5.41, 5.74) is 0.610. The van der Waals surface area contributed by atoms with E-state index in [1.165, 1.54) is 18.2 Å². The number of amides is 1. The number of para-hydroxylation sites is 2. The first-order valence-corrected chi connectivity index (χ1v) is 6.86. The summed E-state index contributed by atoms with van der Waals surface area (Å²) in [6.07, 6.45) is 4.15. The summed E-state index contributed by atoms with van der Waals surface area (Å²) in [4.78, 5) is 22.3. The number of rotatable bonds is 4. The van der Waals surface area contributed by atoms with E-state index in [4.69, 9.17) is 23.2 Å². The van der Waals surface area contributed by atoms with E-state index >= 15 is 0 Å². The molecule has 0 unspecified atom stereocenters. The maximum absolute atomic E-state index is 12.0. The van der Waals surface area contributed by atoms with E-state index in [2.05, 4.69) is 5.32 Å². The second-order valence-electron chi connectivity index (χ2n) is 4.33. The molecule has 0 saturated carbocycles. The Hall–Kier alpha value is -1.85. The minimum atomic E-state index is -0.547. The molecule has 1 aliphatic rings. The SMILES string of the molecule is O=C(CC1=CC[CH]C(Cl)=C1Cl)Nc1ccccc1[N+](=O)[O-]. The first kappa shape index (κ1) is 15.5. The van der Waals surface area contributed by atoms with Gasteiger partial charge in [-0.05, 0) is 18.1 Å². The Bertz CT molecular complexity index is 653. The lowest BCUT2D eigenvalue weighted by Crippen LogP contribution is -2.14. The predicted octanol–water partition coefficient (Wildman–Crippen LogP) is 4.15. The Morgan fingerprint density at radius 3 is 2.76 bits per heavy atom. The van der Waals surface area contributed by atoms with Gasteiger partial charge in [-0.25, -0.2) is 0 Å². The number of nitrogens with one attached hydrogen (secondary N) is 1. The number of anilines is 1. The van der Waals surface area contributed by atoms with Crippen LogP contribution in [0.2, 0.25) is 0 Å². The van der Waals surface area contributed by atoms with Crippen molar-refractivity contribution in [2.45, 2.75) is 12.8 Å². The van der Waals surface area contributed by atoms with Crippen molar-refractivity contribution in [1.29, 1.82) is 0 Å². The fourth-order valence-electron chi connectivity index (χ4n) is 1.89. The fraction of sp³-hybridized carbons (Fsp3) is 0.143. The molecule has 0 spiro atoms. The number of halogens is 2. The van der Waals surface area contributed by atoms with Gasteiger partial charge < -0.3 is 5.32 Å². The van der Waals surface area contributed by atoms with Crippen LogP contribution in [0.5, 0.6) is 0 Å². The zero-order valence-corrected chi connectivity index (χ0v) is 12.3. The molecule has 0 aliphatic heterocycles. The van der Waals surface area contributed by atoms with E-state index in [1.807, 2.05) is 0 Å². The third kappa shape index (κ3) is 3.83. The van der Waals surface area contributed by atoms with Crippen molar-refractivity contribution in [3.8, 4) is 0 Å². The van der Waals surface area contributed by atoms with E-state index in [9.17, 15) is 14.9 Å². The molecule has 1 aromatic carbocycles. The van der Waals surface area contributed by atoms with Gasteiger partial charge in [-0.3, -0.25) is 14.9 Å². The van der Waals surface area contributed by atoms with Crippen LogP contribution in [0.15, 0.2) is 46.0 Å². The Morgan fingerprint density at radius 1 is 1.33 bits per heavy atom. The van der Waals surface area contributed by atoms with Gasteiger partial charge in [0.1, 0.15) is 5.69 Å². The molecule has 5 nitrogen and oxygen atoms in total. The van der Waals surface area contributed by atoms with Crippen molar-refractivity contribution in [3.63, 3.8) is 0 Å². The largest absolute Gasteiger partial charge is 0.320 e. The minimum Gasteiger partial charge on any atom is -0.320 e. The molecule has 2 rings (SSSR count). The van der Waals surface area contributed by atoms with Crippen LogP contribution in [-0.2, 0) is 4.79 Å². The molecule has 0 atom stereocenters. The van der Waals surface area contributed by atoms with Crippen LogP contribution in [0.4, 0.5) is 11.4 Å². The van der Waals surface area contributed by atoms with Crippen molar-refractivity contribution in [2.75, 3.05) is 5.32 Å². The summed E-state index contributed by atoms with van der Waals surface area (Å²) in [5.74, 6) is -0.389. The zero-order chi connectivity index (χ0) is 15.4. The fourth-order valence-corrected chi connectivity index (χ4v) is 2.32. The average Bonchev–Trinajstić information content (AvgIpc) is 2.44. The minimum absolute atomic E-state index is 0.00887. The molecule has 1 amide bonds. The van der Waals surface area contributed by atoms with Crippen LogP contribution in [-0.4, -0.2) is 10.8 Å². The number of nitrogens with zero attached hydrogens (tertiary/aromatic N) is 1. The van der Waals surface area contributed by atoms with Crippen LogP contribution in [0.3, 0.4) is 0 Å². The second kappa shape index (κ2) is 6.74. The molecule has 0 heterocycles. The van der Waals surface area contributed by atoms with Gasteiger partial charge in [-0.15, -0.1) is 0 Å². The van der Waals surface area contributed by atoms with Crippen molar-refractivity contribution >= 4 is 40.5 Å². The first-order chi connectivity index (χ1) is 9.99. The highest BCUT2D eigenvalue weighted by Gasteiger charge is 2.19. The van der Waals surface area contributed by atoms with Crippen molar-refractivity contribution in [3.05, 3.63) is 62.5 Å². The molecule has 0 fully saturated rings. The van der Waals surface area contributed by atoms with Crippen molar-refractivity contribution in [1.82, 2.24) is 0 Å². The Labute approximate surface area is 131 Å². The van der Waals surface area contributed by atoms with Crippen LogP contribution in [0, 0.1) is 16.5 Å². The molecule has 7 heteroatoms. The number of nitro groups is 1. The lowest BCUT2D eigenvalue weighted by atomic mass is 10.0. The predicted molar refractivity (Wildman–Crippen MR) is 82.1 cm³/mol. The molecule has 109 valence electrons. The third-order valence-corrected chi connectivity index (χ3v) is 3.77. The summed E-state index contributed by atoms with van der Waals surface area (Å²) < 4.78 is 0. The molecule has 0 aromatic heterocycles. The highest BCUT2D eigenvalue weighted by atomic mass is 35.5. The Kier molecular flexibility index (Phi) is 4.98. The summed E-state index contributed by atoms with van der Waals surface area (Å²) in [6, 6.07) is 5.95. The summed E-state index contributed by atoms with van der Waals surface area (Å²) in [5, 5.41) is 14.1. The van der Waals surface area contributed by atoms with Gasteiger partial charge in [0.25, 0.3) is 5.69 Å². The standard InChI is InChI=1S/C14H11Cl2N2O3/c15-10-5-3-4-9(14(10)16)8-13(19)17-11-6-1-2-7-12(11)18(20)21/h1-2,4-7H,3,8H2,(H,17,19). The Morgan fingerprint density at radius 2 is 2.05 bits per heavy atom. The van der Waals surface area contributed by atoms with Gasteiger partial charge in [0, 0.05) is 17.5 Å². The topological polar surface area (TPSA) is 72.2 Å². The van der Waals surface area contributed by atoms with Crippen LogP contribution >= 0.6 is 23.2 Å². The van der Waals surface area contributed by atoms with E-state index in [-0.39, 0.29) is 23.7 Å². The average molecular weight is 326 g/mol. The third-order valence-electron chi connectivity index (χ3n) is 2.88. The summed E-state index contributed by atoms with van der Waals surface area (Å²) in [7, 11) is 0. The maximum Gasteiger partial charge on any atom is 0.292 e. The number of hydrogen-bond acceptors (Lipinski definition) is 3. The molecule has 0 saturated heterocycles. The molecule has 1 N–H and O–H groups in total. The number of carbonyl (C=O) groups excluding carboxylic acids is 1. The maximum atomic E-state index is 12.0. The molecule has 21 heavy (non-hydrogen) atoms. The smallest absolute Gasteiger partial charge is 0.292 e. The van der Waals surface area contributed by atoms with Crippen LogP contribution in [0.25, 0.3) is 0 Å². The lowest BCUT2D eigenvalue weighted by Gasteiger charge is -2.13. The van der Waals surface area contributed by atoms with E-state index in [0.717, 1.165) is 0 Å². The van der Waals surface area contributed by atoms with Gasteiger partial charge in [0.15, 0.2) is 0 Å². The molecule has 0 bridgehead atoms. The first-order valence-electron chi connectivity index (χ1n) is 6.10. The molecular weight excluding hydrogens is 315 g/mol. The number of benzene rings is 1. The number of allylic oxidation sites excluding steroid dienone is 3. The molecule has 1 aliphatic carbocycles. The van der Waals surface area contributed by atoms with Crippen LogP contribution < -0.4 is 5.32 Å². The lowest BCUT2D eigenvalue weighted by molar-refractivity contribution is -0.383. The highest BCUT2D eigenvalue weighted by molar-refractivity contribution is 6.41. The van der Waals surface area contributed by atoms with Crippen molar-refractivity contribution < 1.29 is 9.72 Å². The molecule has 1 aromatic rings. The van der Waals surface area contributed by atoms with Crippen molar-refractivity contribution in [2.24, 2.45) is 0 Å². The highest BCUT2D eigenvalue weighted by Crippen LogP contribution is 2.32. The van der Waals surface area contributed by atoms with Gasteiger partial charge in [0.05, 0.1) is 16.4 Å². The quantitative estimate of drug-likeness (QED) is 0.667. The molecule has 1 radical (unpaired) electrons.